The first-order valence-corrected chi connectivity index (χ1v) is 6.87. The van der Waals surface area contributed by atoms with Crippen molar-refractivity contribution in [2.45, 2.75) is 33.6 Å². The van der Waals surface area contributed by atoms with Crippen LogP contribution in [0.2, 0.25) is 0 Å². The molecule has 1 heterocycles. The molecule has 0 radical (unpaired) electrons. The highest BCUT2D eigenvalue weighted by Crippen LogP contribution is 2.20. The fourth-order valence-corrected chi connectivity index (χ4v) is 1.86. The van der Waals surface area contributed by atoms with E-state index in [9.17, 15) is 4.79 Å². The average Bonchev–Trinajstić information content (AvgIpc) is 2.84. The van der Waals surface area contributed by atoms with Crippen LogP contribution in [-0.4, -0.2) is 10.9 Å². The fraction of sp³-hybridized carbons (Fsp3) is 0.375. The normalized spacial score (nSPS) is 10.8. The van der Waals surface area contributed by atoms with Crippen LogP contribution in [0.25, 0.3) is 11.3 Å². The predicted molar refractivity (Wildman–Crippen MR) is 79.4 cm³/mol. The molecule has 2 rings (SSSR count). The second-order valence-corrected chi connectivity index (χ2v) is 5.31. The van der Waals surface area contributed by atoms with E-state index in [2.05, 4.69) is 24.1 Å². The van der Waals surface area contributed by atoms with Gasteiger partial charge < -0.3 is 9.73 Å². The third-order valence-corrected chi connectivity index (χ3v) is 3.03. The molecule has 2 aromatic rings. The van der Waals surface area contributed by atoms with Gasteiger partial charge in [-0.25, -0.2) is 4.98 Å². The highest BCUT2D eigenvalue weighted by atomic mass is 16.3. The first-order valence-electron chi connectivity index (χ1n) is 6.87. The summed E-state index contributed by atoms with van der Waals surface area (Å²) in [5.74, 6) is 1.24. The number of aromatic nitrogens is 1. The summed E-state index contributed by atoms with van der Waals surface area (Å²) in [6.07, 6.45) is 3.09. The number of oxazole rings is 1. The van der Waals surface area contributed by atoms with Crippen LogP contribution in [0.4, 0.5) is 5.69 Å². The van der Waals surface area contributed by atoms with E-state index in [1.54, 1.807) is 6.26 Å². The molecule has 0 aliphatic heterocycles. The summed E-state index contributed by atoms with van der Waals surface area (Å²) >= 11 is 0. The lowest BCUT2D eigenvalue weighted by molar-refractivity contribution is -0.116. The maximum atomic E-state index is 11.7. The van der Waals surface area contributed by atoms with Crippen LogP contribution in [0.15, 0.2) is 34.9 Å². The Morgan fingerprint density at radius 2 is 2.00 bits per heavy atom. The molecule has 0 saturated carbocycles. The molecule has 0 aliphatic rings. The van der Waals surface area contributed by atoms with Crippen LogP contribution in [0.3, 0.4) is 0 Å². The smallest absolute Gasteiger partial charge is 0.224 e. The molecule has 0 saturated heterocycles. The van der Waals surface area contributed by atoms with Gasteiger partial charge in [0.1, 0.15) is 12.0 Å². The molecule has 0 bridgehead atoms. The lowest BCUT2D eigenvalue weighted by atomic mass is 10.1. The Morgan fingerprint density at radius 3 is 2.55 bits per heavy atom. The van der Waals surface area contributed by atoms with Gasteiger partial charge >= 0.3 is 0 Å². The van der Waals surface area contributed by atoms with Gasteiger partial charge in [0.15, 0.2) is 5.89 Å². The number of carbonyl (C=O) groups is 1. The number of rotatable bonds is 5. The zero-order valence-corrected chi connectivity index (χ0v) is 12.1. The summed E-state index contributed by atoms with van der Waals surface area (Å²) in [6.45, 7) is 6.04. The lowest BCUT2D eigenvalue weighted by Gasteiger charge is -2.07. The number of nitrogens with zero attached hydrogens (tertiary/aromatic N) is 1. The van der Waals surface area contributed by atoms with Crippen molar-refractivity contribution in [3.8, 4) is 11.3 Å². The number of aryl methyl sites for hydroxylation is 1. The van der Waals surface area contributed by atoms with Crippen LogP contribution in [0.1, 0.15) is 32.6 Å². The van der Waals surface area contributed by atoms with Gasteiger partial charge in [-0.15, -0.1) is 0 Å². The van der Waals surface area contributed by atoms with Crippen molar-refractivity contribution in [1.82, 2.24) is 4.98 Å². The van der Waals surface area contributed by atoms with Crippen LogP contribution < -0.4 is 5.32 Å². The molecule has 0 unspecified atom stereocenters. The summed E-state index contributed by atoms with van der Waals surface area (Å²) in [5, 5.41) is 2.90. The van der Waals surface area contributed by atoms with Gasteiger partial charge in [0, 0.05) is 24.6 Å². The Bertz CT molecular complexity index is 570. The van der Waals surface area contributed by atoms with Crippen molar-refractivity contribution in [2.24, 2.45) is 5.92 Å². The van der Waals surface area contributed by atoms with E-state index in [4.69, 9.17) is 4.42 Å². The molecular formula is C16H20N2O2. The molecular weight excluding hydrogens is 252 g/mol. The van der Waals surface area contributed by atoms with Crippen LogP contribution >= 0.6 is 0 Å². The molecule has 4 nitrogen and oxygen atoms in total. The first kappa shape index (κ1) is 14.3. The second kappa shape index (κ2) is 6.37. The standard InChI is InChI=1S/C16H20N2O2/c1-11(2)4-9-16(19)18-14-7-5-13(6-8-14)15-10-20-12(3)17-15/h5-8,10-11H,4,9H2,1-3H3,(H,18,19). The molecule has 0 aliphatic carbocycles. The summed E-state index contributed by atoms with van der Waals surface area (Å²) in [6, 6.07) is 7.62. The first-order chi connectivity index (χ1) is 9.54. The van der Waals surface area contributed by atoms with E-state index in [1.807, 2.05) is 31.2 Å². The van der Waals surface area contributed by atoms with Crippen molar-refractivity contribution >= 4 is 11.6 Å². The second-order valence-electron chi connectivity index (χ2n) is 5.31. The number of benzene rings is 1. The number of anilines is 1. The molecule has 1 amide bonds. The molecule has 1 aromatic heterocycles. The van der Waals surface area contributed by atoms with Gasteiger partial charge in [-0.2, -0.15) is 0 Å². The van der Waals surface area contributed by atoms with Gasteiger partial charge in [-0.3, -0.25) is 4.79 Å². The molecule has 1 aromatic carbocycles. The summed E-state index contributed by atoms with van der Waals surface area (Å²) in [7, 11) is 0. The Kier molecular flexibility index (Phi) is 4.56. The number of hydrogen-bond donors (Lipinski definition) is 1. The monoisotopic (exact) mass is 272 g/mol. The minimum atomic E-state index is 0.0590. The van der Waals surface area contributed by atoms with Gasteiger partial charge in [0.25, 0.3) is 0 Å². The van der Waals surface area contributed by atoms with Gasteiger partial charge in [-0.05, 0) is 24.5 Å². The minimum Gasteiger partial charge on any atom is -0.449 e. The van der Waals surface area contributed by atoms with Crippen molar-refractivity contribution in [1.29, 1.82) is 0 Å². The highest BCUT2D eigenvalue weighted by molar-refractivity contribution is 5.90. The molecule has 0 spiro atoms. The Labute approximate surface area is 119 Å². The summed E-state index contributed by atoms with van der Waals surface area (Å²) in [4.78, 5) is 16.0. The van der Waals surface area contributed by atoms with Crippen molar-refractivity contribution in [3.05, 3.63) is 36.4 Å². The lowest BCUT2D eigenvalue weighted by Crippen LogP contribution is -2.11. The van der Waals surface area contributed by atoms with Crippen molar-refractivity contribution < 1.29 is 9.21 Å². The molecule has 0 atom stereocenters. The predicted octanol–water partition coefficient (Wildman–Crippen LogP) is 4.02. The molecule has 0 fully saturated rings. The van der Waals surface area contributed by atoms with Gasteiger partial charge in [0.2, 0.25) is 5.91 Å². The number of amides is 1. The van der Waals surface area contributed by atoms with Crippen molar-refractivity contribution in [3.63, 3.8) is 0 Å². The third-order valence-electron chi connectivity index (χ3n) is 3.03. The molecule has 106 valence electrons. The highest BCUT2D eigenvalue weighted by Gasteiger charge is 2.06. The van der Waals surface area contributed by atoms with Crippen LogP contribution in [0.5, 0.6) is 0 Å². The van der Waals surface area contributed by atoms with E-state index in [-0.39, 0.29) is 5.91 Å². The topological polar surface area (TPSA) is 55.1 Å². The quantitative estimate of drug-likeness (QED) is 0.894. The SMILES string of the molecule is Cc1nc(-c2ccc(NC(=O)CCC(C)C)cc2)co1. The van der Waals surface area contributed by atoms with E-state index in [0.29, 0.717) is 18.2 Å². The van der Waals surface area contributed by atoms with E-state index >= 15 is 0 Å². The number of hydrogen-bond acceptors (Lipinski definition) is 3. The summed E-state index contributed by atoms with van der Waals surface area (Å²) < 4.78 is 5.19. The molecule has 20 heavy (non-hydrogen) atoms. The zero-order chi connectivity index (χ0) is 14.5. The third kappa shape index (κ3) is 3.95. The van der Waals surface area contributed by atoms with Crippen LogP contribution in [-0.2, 0) is 4.79 Å². The average molecular weight is 272 g/mol. The van der Waals surface area contributed by atoms with Gasteiger partial charge in [-0.1, -0.05) is 26.0 Å². The van der Waals surface area contributed by atoms with Gasteiger partial charge in [0.05, 0.1) is 0 Å². The Hall–Kier alpha value is -2.10. The Morgan fingerprint density at radius 1 is 1.30 bits per heavy atom. The maximum Gasteiger partial charge on any atom is 0.224 e. The minimum absolute atomic E-state index is 0.0590. The van der Waals surface area contributed by atoms with Crippen molar-refractivity contribution in [2.75, 3.05) is 5.32 Å². The van der Waals surface area contributed by atoms with Crippen LogP contribution in [0, 0.1) is 12.8 Å². The zero-order valence-electron chi connectivity index (χ0n) is 12.1. The van der Waals surface area contributed by atoms with E-state index < -0.39 is 0 Å². The number of carbonyl (C=O) groups excluding carboxylic acids is 1. The number of nitrogens with one attached hydrogen (secondary N) is 1. The molecule has 1 N–H and O–H groups in total. The Balaban J connectivity index is 1.96. The van der Waals surface area contributed by atoms with E-state index in [1.165, 1.54) is 0 Å². The maximum absolute atomic E-state index is 11.7. The molecule has 4 heteroatoms. The summed E-state index contributed by atoms with van der Waals surface area (Å²) in [5.41, 5.74) is 2.59. The van der Waals surface area contributed by atoms with E-state index in [0.717, 1.165) is 23.4 Å². The largest absolute Gasteiger partial charge is 0.449 e. The fourth-order valence-electron chi connectivity index (χ4n) is 1.86.